The van der Waals surface area contributed by atoms with Gasteiger partial charge in [-0.05, 0) is 45.8 Å². The van der Waals surface area contributed by atoms with Crippen molar-refractivity contribution in [1.29, 1.82) is 0 Å². The zero-order valence-corrected chi connectivity index (χ0v) is 19.6. The molecule has 0 aromatic carbocycles. The Bertz CT molecular complexity index is 609. The van der Waals surface area contributed by atoms with Crippen molar-refractivity contribution in [3.05, 3.63) is 0 Å². The van der Waals surface area contributed by atoms with Gasteiger partial charge in [-0.25, -0.2) is 4.79 Å². The molecule has 1 aliphatic rings. The van der Waals surface area contributed by atoms with E-state index < -0.39 is 44.0 Å². The van der Waals surface area contributed by atoms with Gasteiger partial charge in [0.05, 0.1) is 6.10 Å². The van der Waals surface area contributed by atoms with Crippen molar-refractivity contribution < 1.29 is 28.7 Å². The molecule has 9 heteroatoms. The highest BCUT2D eigenvalue weighted by Gasteiger charge is 2.46. The maximum atomic E-state index is 12.7. The summed E-state index contributed by atoms with van der Waals surface area (Å²) in [5.74, 6) is -1.65. The van der Waals surface area contributed by atoms with Gasteiger partial charge in [0.1, 0.15) is 17.7 Å². The number of hydrogen-bond acceptors (Lipinski definition) is 5. The Morgan fingerprint density at radius 2 is 1.68 bits per heavy atom. The molecule has 1 aliphatic heterocycles. The predicted octanol–water partition coefficient (Wildman–Crippen LogP) is 2.98. The van der Waals surface area contributed by atoms with Gasteiger partial charge in [-0.15, -0.1) is 0 Å². The molecule has 0 aliphatic carbocycles. The molecule has 2 N–H and O–H groups in total. The van der Waals surface area contributed by atoms with Crippen LogP contribution in [0.4, 0.5) is 4.79 Å². The van der Waals surface area contributed by atoms with E-state index in [0.717, 1.165) is 0 Å². The van der Waals surface area contributed by atoms with Crippen LogP contribution in [-0.2, 0) is 18.8 Å². The van der Waals surface area contributed by atoms with Crippen LogP contribution in [-0.4, -0.2) is 66.6 Å². The minimum atomic E-state index is -2.10. The molecule has 0 spiro atoms. The molecule has 1 fully saturated rings. The summed E-state index contributed by atoms with van der Waals surface area (Å²) in [4.78, 5) is 37.8. The van der Waals surface area contributed by atoms with E-state index >= 15 is 0 Å². The number of aliphatic carboxylic acids is 1. The molecule has 8 nitrogen and oxygen atoms in total. The van der Waals surface area contributed by atoms with Crippen molar-refractivity contribution >= 4 is 26.3 Å². The smallest absolute Gasteiger partial charge is 0.411 e. The lowest BCUT2D eigenvalue weighted by Crippen LogP contribution is -2.50. The number of carboxylic acids is 1. The second kappa shape index (κ2) is 8.40. The number of hydrogen-bond donors (Lipinski definition) is 2. The molecule has 2 amide bonds. The van der Waals surface area contributed by atoms with E-state index in [2.05, 4.69) is 39.2 Å². The fourth-order valence-corrected chi connectivity index (χ4v) is 3.98. The lowest BCUT2D eigenvalue weighted by Gasteiger charge is -2.38. The molecule has 0 unspecified atom stereocenters. The van der Waals surface area contributed by atoms with Gasteiger partial charge < -0.3 is 19.6 Å². The van der Waals surface area contributed by atoms with Gasteiger partial charge in [-0.2, -0.15) is 0 Å². The Balaban J connectivity index is 3.02. The number of ether oxygens (including phenoxy) is 1. The van der Waals surface area contributed by atoms with Crippen molar-refractivity contribution in [3.8, 4) is 0 Å². The number of likely N-dealkylation sites (tertiary alicyclic amines) is 1. The van der Waals surface area contributed by atoms with Crippen molar-refractivity contribution in [2.24, 2.45) is 0 Å². The molecule has 0 aromatic rings. The summed E-state index contributed by atoms with van der Waals surface area (Å²) in [6.45, 7) is 17.5. The van der Waals surface area contributed by atoms with Crippen molar-refractivity contribution in [1.82, 2.24) is 10.2 Å². The summed E-state index contributed by atoms with van der Waals surface area (Å²) in [6.07, 6.45) is -0.592. The van der Waals surface area contributed by atoms with Crippen LogP contribution < -0.4 is 5.32 Å². The third-order valence-corrected chi connectivity index (χ3v) is 9.72. The second-order valence-electron chi connectivity index (χ2n) is 9.95. The summed E-state index contributed by atoms with van der Waals surface area (Å²) in [7, 11) is -2.10. The van der Waals surface area contributed by atoms with Gasteiger partial charge in [-0.3, -0.25) is 14.5 Å². The first-order chi connectivity index (χ1) is 12.4. The third kappa shape index (κ3) is 6.48. The van der Waals surface area contributed by atoms with E-state index in [9.17, 15) is 14.4 Å². The minimum Gasteiger partial charge on any atom is -0.480 e. The minimum absolute atomic E-state index is 0.0120. The summed E-state index contributed by atoms with van der Waals surface area (Å²) >= 11 is 0. The molecule has 1 heterocycles. The van der Waals surface area contributed by atoms with E-state index in [4.69, 9.17) is 14.3 Å². The van der Waals surface area contributed by atoms with Crippen LogP contribution in [0.2, 0.25) is 18.1 Å². The van der Waals surface area contributed by atoms with Crippen LogP contribution in [0.3, 0.4) is 0 Å². The van der Waals surface area contributed by atoms with Gasteiger partial charge in [-0.1, -0.05) is 20.8 Å². The summed E-state index contributed by atoms with van der Waals surface area (Å²) in [5, 5.41) is 11.5. The highest BCUT2D eigenvalue weighted by atomic mass is 28.4. The number of carbonyl (C=O) groups is 3. The number of carboxylic acid groups (broad SMARTS) is 1. The molecule has 0 saturated carbocycles. The zero-order chi connectivity index (χ0) is 22.1. The van der Waals surface area contributed by atoms with E-state index in [1.807, 2.05) is 0 Å². The van der Waals surface area contributed by atoms with E-state index in [1.165, 1.54) is 11.8 Å². The van der Waals surface area contributed by atoms with Crippen molar-refractivity contribution in [2.75, 3.05) is 6.54 Å². The molecule has 28 heavy (non-hydrogen) atoms. The van der Waals surface area contributed by atoms with Crippen LogP contribution in [0, 0.1) is 0 Å². The van der Waals surface area contributed by atoms with E-state index in [1.54, 1.807) is 20.8 Å². The molecule has 0 bridgehead atoms. The maximum Gasteiger partial charge on any atom is 0.411 e. The second-order valence-corrected chi connectivity index (χ2v) is 14.7. The molecule has 1 saturated heterocycles. The van der Waals surface area contributed by atoms with E-state index in [-0.39, 0.29) is 17.7 Å². The van der Waals surface area contributed by atoms with Gasteiger partial charge in [0.2, 0.25) is 5.91 Å². The monoisotopic (exact) mass is 416 g/mol. The molecule has 1 rings (SSSR count). The van der Waals surface area contributed by atoms with Gasteiger partial charge in [0, 0.05) is 13.0 Å². The van der Waals surface area contributed by atoms with Crippen molar-refractivity contribution in [2.45, 2.75) is 96.8 Å². The maximum absolute atomic E-state index is 12.7. The van der Waals surface area contributed by atoms with Gasteiger partial charge >= 0.3 is 12.1 Å². The highest BCUT2D eigenvalue weighted by molar-refractivity contribution is 6.74. The van der Waals surface area contributed by atoms with Crippen LogP contribution in [0.15, 0.2) is 0 Å². The predicted molar refractivity (Wildman–Crippen MR) is 109 cm³/mol. The molecule has 3 atom stereocenters. The number of nitrogens with one attached hydrogen (secondary N) is 1. The topological polar surface area (TPSA) is 105 Å². The fourth-order valence-electron chi connectivity index (χ4n) is 2.62. The number of amides is 2. The SMILES string of the molecule is C[C@H](NC(=O)[C@@H]1C[C@H](O[Si](C)(C)C(C)(C)C)CN1C(=O)OC(C)(C)C)C(=O)O. The summed E-state index contributed by atoms with van der Waals surface area (Å²) in [5.41, 5.74) is -0.704. The molecule has 162 valence electrons. The Morgan fingerprint density at radius 3 is 2.11 bits per heavy atom. The fraction of sp³-hybridized carbons (Fsp3) is 0.842. The highest BCUT2D eigenvalue weighted by Crippen LogP contribution is 2.39. The zero-order valence-electron chi connectivity index (χ0n) is 18.6. The number of carbonyl (C=O) groups excluding carboxylic acids is 2. The largest absolute Gasteiger partial charge is 0.480 e. The van der Waals surface area contributed by atoms with Crippen molar-refractivity contribution in [3.63, 3.8) is 0 Å². The average Bonchev–Trinajstić information content (AvgIpc) is 2.87. The molecular formula is C19H36N2O6Si. The Labute approximate surface area is 169 Å². The van der Waals surface area contributed by atoms with Gasteiger partial charge in [0.25, 0.3) is 0 Å². The van der Waals surface area contributed by atoms with E-state index in [0.29, 0.717) is 6.42 Å². The molecule has 0 aromatic heterocycles. The lowest BCUT2D eigenvalue weighted by molar-refractivity contribution is -0.141. The standard InChI is InChI=1S/C19H36N2O6Si/c1-12(16(23)24)20-15(22)14-10-13(27-28(8,9)19(5,6)7)11-21(14)17(25)26-18(2,3)4/h12-14H,10-11H2,1-9H3,(H,20,22)(H,23,24)/t12-,13-,14-/m0/s1. The quantitative estimate of drug-likeness (QED) is 0.668. The van der Waals surface area contributed by atoms with Crippen LogP contribution in [0.25, 0.3) is 0 Å². The van der Waals surface area contributed by atoms with Crippen LogP contribution in [0.1, 0.15) is 54.9 Å². The first-order valence-electron chi connectivity index (χ1n) is 9.65. The third-order valence-electron chi connectivity index (χ3n) is 5.19. The molecular weight excluding hydrogens is 380 g/mol. The first kappa shape index (κ1) is 24.4. The molecule has 0 radical (unpaired) electrons. The Kier molecular flexibility index (Phi) is 7.33. The van der Waals surface area contributed by atoms with Gasteiger partial charge in [0.15, 0.2) is 8.32 Å². The lowest BCUT2D eigenvalue weighted by atomic mass is 10.1. The summed E-state index contributed by atoms with van der Waals surface area (Å²) in [6, 6.07) is -1.88. The summed E-state index contributed by atoms with van der Waals surface area (Å²) < 4.78 is 11.8. The van der Waals surface area contributed by atoms with Crippen LogP contribution >= 0.6 is 0 Å². The number of rotatable bonds is 5. The number of nitrogens with zero attached hydrogens (tertiary/aromatic N) is 1. The first-order valence-corrected chi connectivity index (χ1v) is 12.6. The average molecular weight is 417 g/mol. The Morgan fingerprint density at radius 1 is 1.14 bits per heavy atom. The normalized spacial score (nSPS) is 22.0. The van der Waals surface area contributed by atoms with Crippen LogP contribution in [0.5, 0.6) is 0 Å². The Hall–Kier alpha value is -1.61.